The Morgan fingerprint density at radius 1 is 1.33 bits per heavy atom. The minimum Gasteiger partial charge on any atom is -0.495 e. The van der Waals surface area contributed by atoms with Gasteiger partial charge in [0.15, 0.2) is 5.69 Å². The Kier molecular flexibility index (Phi) is 3.80. The minimum absolute atomic E-state index is 0.363. The molecule has 0 bridgehead atoms. The van der Waals surface area contributed by atoms with E-state index in [-0.39, 0.29) is 0 Å². The Morgan fingerprint density at radius 3 is 2.72 bits per heavy atom. The fourth-order valence-corrected chi connectivity index (χ4v) is 2.21. The van der Waals surface area contributed by atoms with Gasteiger partial charge < -0.3 is 4.74 Å². The van der Waals surface area contributed by atoms with Gasteiger partial charge >= 0.3 is 0 Å². The number of pyridine rings is 2. The van der Waals surface area contributed by atoms with E-state index in [1.807, 2.05) is 24.5 Å². The summed E-state index contributed by atoms with van der Waals surface area (Å²) < 4.78 is 5.30. The third kappa shape index (κ3) is 2.29. The number of thioether (sulfide) groups is 1. The van der Waals surface area contributed by atoms with Gasteiger partial charge in [-0.2, -0.15) is 5.26 Å². The van der Waals surface area contributed by atoms with Crippen molar-refractivity contribution < 1.29 is 4.74 Å². The molecule has 0 saturated carbocycles. The Labute approximate surface area is 110 Å². The molecule has 0 radical (unpaired) electrons. The van der Waals surface area contributed by atoms with Crippen molar-refractivity contribution in [3.8, 4) is 23.2 Å². The standard InChI is InChI=1S/C13H11N3OS/c1-17-12-7-10(9-5-3-4-6-15-9)16-11(8-14)13(12)18-2/h3-7H,1-2H3. The third-order valence-corrected chi connectivity index (χ3v) is 3.20. The number of hydrogen-bond donors (Lipinski definition) is 0. The Balaban J connectivity index is 2.62. The van der Waals surface area contributed by atoms with Crippen molar-refractivity contribution in [3.05, 3.63) is 36.2 Å². The van der Waals surface area contributed by atoms with Crippen LogP contribution in [0.15, 0.2) is 35.4 Å². The third-order valence-electron chi connectivity index (χ3n) is 2.40. The summed E-state index contributed by atoms with van der Waals surface area (Å²) in [6, 6.07) is 9.46. The van der Waals surface area contributed by atoms with Gasteiger partial charge in [0.25, 0.3) is 0 Å². The molecule has 2 aromatic rings. The SMILES string of the molecule is COc1cc(-c2ccccn2)nc(C#N)c1SC. The zero-order valence-corrected chi connectivity index (χ0v) is 10.9. The maximum absolute atomic E-state index is 9.14. The summed E-state index contributed by atoms with van der Waals surface area (Å²) in [7, 11) is 1.58. The second-order valence-corrected chi connectivity index (χ2v) is 4.23. The second-order valence-electron chi connectivity index (χ2n) is 3.42. The van der Waals surface area contributed by atoms with E-state index in [9.17, 15) is 0 Å². The van der Waals surface area contributed by atoms with Crippen LogP contribution in [0.25, 0.3) is 11.4 Å². The minimum atomic E-state index is 0.363. The van der Waals surface area contributed by atoms with Crippen molar-refractivity contribution in [3.63, 3.8) is 0 Å². The van der Waals surface area contributed by atoms with Crippen LogP contribution in [0.3, 0.4) is 0 Å². The van der Waals surface area contributed by atoms with Gasteiger partial charge in [-0.1, -0.05) is 6.07 Å². The summed E-state index contributed by atoms with van der Waals surface area (Å²) in [6.07, 6.45) is 3.58. The normalized spacial score (nSPS) is 9.83. The zero-order chi connectivity index (χ0) is 13.0. The van der Waals surface area contributed by atoms with Crippen molar-refractivity contribution in [2.45, 2.75) is 4.90 Å². The second kappa shape index (κ2) is 5.52. The molecule has 18 heavy (non-hydrogen) atoms. The summed E-state index contributed by atoms with van der Waals surface area (Å²) in [6.45, 7) is 0. The number of ether oxygens (including phenoxy) is 1. The maximum Gasteiger partial charge on any atom is 0.158 e. The van der Waals surface area contributed by atoms with Crippen LogP contribution >= 0.6 is 11.8 Å². The van der Waals surface area contributed by atoms with E-state index in [0.29, 0.717) is 17.1 Å². The number of nitrogens with zero attached hydrogens (tertiary/aromatic N) is 3. The zero-order valence-electron chi connectivity index (χ0n) is 10.0. The Bertz CT molecular complexity index is 593. The van der Waals surface area contributed by atoms with E-state index in [1.165, 1.54) is 11.8 Å². The molecule has 90 valence electrons. The topological polar surface area (TPSA) is 58.8 Å². The van der Waals surface area contributed by atoms with Crippen LogP contribution in [0.5, 0.6) is 5.75 Å². The fourth-order valence-electron chi connectivity index (χ4n) is 1.58. The van der Waals surface area contributed by atoms with E-state index in [4.69, 9.17) is 10.00 Å². The number of rotatable bonds is 3. The molecule has 0 saturated heterocycles. The molecule has 0 unspecified atom stereocenters. The van der Waals surface area contributed by atoms with Gasteiger partial charge in [-0.25, -0.2) is 4.98 Å². The van der Waals surface area contributed by atoms with Crippen molar-refractivity contribution in [1.29, 1.82) is 5.26 Å². The molecule has 0 aliphatic carbocycles. The molecule has 2 heterocycles. The number of methoxy groups -OCH3 is 1. The highest BCUT2D eigenvalue weighted by Gasteiger charge is 2.13. The van der Waals surface area contributed by atoms with E-state index in [2.05, 4.69) is 16.0 Å². The van der Waals surface area contributed by atoms with E-state index >= 15 is 0 Å². The maximum atomic E-state index is 9.14. The van der Waals surface area contributed by atoms with Gasteiger partial charge in [0.1, 0.15) is 11.8 Å². The van der Waals surface area contributed by atoms with E-state index < -0.39 is 0 Å². The van der Waals surface area contributed by atoms with Crippen LogP contribution < -0.4 is 4.74 Å². The van der Waals surface area contributed by atoms with Gasteiger partial charge in [-0.15, -0.1) is 11.8 Å². The Morgan fingerprint density at radius 2 is 2.17 bits per heavy atom. The van der Waals surface area contributed by atoms with Crippen LogP contribution in [0.2, 0.25) is 0 Å². The molecule has 0 aliphatic heterocycles. The highest BCUT2D eigenvalue weighted by atomic mass is 32.2. The Hall–Kier alpha value is -2.06. The van der Waals surface area contributed by atoms with E-state index in [0.717, 1.165) is 10.6 Å². The lowest BCUT2D eigenvalue weighted by molar-refractivity contribution is 0.404. The predicted octanol–water partition coefficient (Wildman–Crippen LogP) is 2.75. The van der Waals surface area contributed by atoms with Gasteiger partial charge in [0, 0.05) is 12.3 Å². The first-order valence-electron chi connectivity index (χ1n) is 5.24. The average molecular weight is 257 g/mol. The molecule has 2 rings (SSSR count). The lowest BCUT2D eigenvalue weighted by Gasteiger charge is -2.09. The molecule has 0 atom stereocenters. The first kappa shape index (κ1) is 12.4. The molecular weight excluding hydrogens is 246 g/mol. The summed E-state index contributed by atoms with van der Waals surface area (Å²) in [4.78, 5) is 9.29. The molecule has 0 amide bonds. The van der Waals surface area contributed by atoms with Crippen molar-refractivity contribution in [2.24, 2.45) is 0 Å². The average Bonchev–Trinajstić information content (AvgIpc) is 2.46. The number of hydrogen-bond acceptors (Lipinski definition) is 5. The molecule has 0 aliphatic rings. The summed E-state index contributed by atoms with van der Waals surface area (Å²) >= 11 is 1.44. The summed E-state index contributed by atoms with van der Waals surface area (Å²) in [5, 5.41) is 9.14. The van der Waals surface area contributed by atoms with Crippen LogP contribution in [-0.2, 0) is 0 Å². The molecule has 0 aromatic carbocycles. The van der Waals surface area contributed by atoms with Gasteiger partial charge in [0.05, 0.1) is 23.4 Å². The van der Waals surface area contributed by atoms with Crippen molar-refractivity contribution >= 4 is 11.8 Å². The monoisotopic (exact) mass is 257 g/mol. The molecule has 0 N–H and O–H groups in total. The van der Waals surface area contributed by atoms with Crippen LogP contribution in [-0.4, -0.2) is 23.3 Å². The summed E-state index contributed by atoms with van der Waals surface area (Å²) in [5.74, 6) is 0.648. The lowest BCUT2D eigenvalue weighted by atomic mass is 10.2. The lowest BCUT2D eigenvalue weighted by Crippen LogP contribution is -1.96. The highest BCUT2D eigenvalue weighted by Crippen LogP contribution is 2.32. The van der Waals surface area contributed by atoms with Gasteiger partial charge in [-0.3, -0.25) is 4.98 Å². The van der Waals surface area contributed by atoms with Crippen molar-refractivity contribution in [2.75, 3.05) is 13.4 Å². The smallest absolute Gasteiger partial charge is 0.158 e. The van der Waals surface area contributed by atoms with Crippen molar-refractivity contribution in [1.82, 2.24) is 9.97 Å². The highest BCUT2D eigenvalue weighted by molar-refractivity contribution is 7.98. The van der Waals surface area contributed by atoms with Crippen LogP contribution in [0, 0.1) is 11.3 Å². The largest absolute Gasteiger partial charge is 0.495 e. The number of nitriles is 1. The fraction of sp³-hybridized carbons (Fsp3) is 0.154. The molecule has 0 spiro atoms. The van der Waals surface area contributed by atoms with Gasteiger partial charge in [-0.05, 0) is 18.4 Å². The van der Waals surface area contributed by atoms with Gasteiger partial charge in [0.2, 0.25) is 0 Å². The number of aromatic nitrogens is 2. The molecular formula is C13H11N3OS. The van der Waals surface area contributed by atoms with Crippen LogP contribution in [0.1, 0.15) is 5.69 Å². The van der Waals surface area contributed by atoms with Crippen LogP contribution in [0.4, 0.5) is 0 Å². The van der Waals surface area contributed by atoms with E-state index in [1.54, 1.807) is 19.4 Å². The molecule has 0 fully saturated rings. The first-order valence-corrected chi connectivity index (χ1v) is 6.47. The molecule has 2 aromatic heterocycles. The summed E-state index contributed by atoms with van der Waals surface area (Å²) in [5.41, 5.74) is 1.73. The molecule has 4 nitrogen and oxygen atoms in total. The quantitative estimate of drug-likeness (QED) is 0.791. The first-order chi connectivity index (χ1) is 8.80. The predicted molar refractivity (Wildman–Crippen MR) is 70.5 cm³/mol. The molecule has 5 heteroatoms.